The largest absolute Gasteiger partial charge is 0.486 e. The fourth-order valence-electron chi connectivity index (χ4n) is 2.34. The van der Waals surface area contributed by atoms with Gasteiger partial charge in [-0.3, -0.25) is 4.40 Å². The van der Waals surface area contributed by atoms with E-state index in [0.29, 0.717) is 30.5 Å². The fraction of sp³-hybridized carbons (Fsp3) is 0.143. The predicted octanol–water partition coefficient (Wildman–Crippen LogP) is 1.75. The summed E-state index contributed by atoms with van der Waals surface area (Å²) < 4.78 is 13.2. The van der Waals surface area contributed by atoms with Crippen LogP contribution in [0.3, 0.4) is 0 Å². The molecule has 0 saturated heterocycles. The van der Waals surface area contributed by atoms with Crippen LogP contribution in [0.25, 0.3) is 17.0 Å². The first-order valence-electron chi connectivity index (χ1n) is 6.32. The van der Waals surface area contributed by atoms with Gasteiger partial charge in [0.2, 0.25) is 0 Å². The Labute approximate surface area is 114 Å². The number of hydrogen-bond donors (Lipinski definition) is 1. The van der Waals surface area contributed by atoms with Gasteiger partial charge in [-0.25, -0.2) is 0 Å². The number of hydrogen-bond acceptors (Lipinski definition) is 5. The van der Waals surface area contributed by atoms with Gasteiger partial charge in [-0.2, -0.15) is 0 Å². The monoisotopic (exact) mass is 268 g/mol. The molecule has 3 aromatic rings. The molecule has 100 valence electrons. The molecule has 1 aliphatic heterocycles. The van der Waals surface area contributed by atoms with Gasteiger partial charge in [-0.15, -0.1) is 10.2 Å². The van der Waals surface area contributed by atoms with Crippen molar-refractivity contribution in [2.45, 2.75) is 0 Å². The average Bonchev–Trinajstić information content (AvgIpc) is 2.89. The Morgan fingerprint density at radius 1 is 1.05 bits per heavy atom. The molecule has 4 rings (SSSR count). The van der Waals surface area contributed by atoms with Crippen molar-refractivity contribution in [3.8, 4) is 22.9 Å². The van der Waals surface area contributed by atoms with Crippen molar-refractivity contribution in [1.29, 1.82) is 0 Å². The van der Waals surface area contributed by atoms with E-state index >= 15 is 0 Å². The number of para-hydroxylation sites is 1. The summed E-state index contributed by atoms with van der Waals surface area (Å²) in [6, 6.07) is 9.37. The Morgan fingerprint density at radius 3 is 2.90 bits per heavy atom. The van der Waals surface area contributed by atoms with Crippen molar-refractivity contribution in [1.82, 2.24) is 14.6 Å². The number of rotatable bonds is 1. The summed E-state index contributed by atoms with van der Waals surface area (Å²) in [4.78, 5) is 0. The van der Waals surface area contributed by atoms with E-state index in [1.165, 1.54) is 0 Å². The van der Waals surface area contributed by atoms with E-state index in [1.807, 2.05) is 28.7 Å². The summed E-state index contributed by atoms with van der Waals surface area (Å²) in [6.45, 7) is 1.09. The summed E-state index contributed by atoms with van der Waals surface area (Å²) in [7, 11) is 0. The highest BCUT2D eigenvalue weighted by Gasteiger charge is 2.20. The maximum atomic E-state index is 5.84. The van der Waals surface area contributed by atoms with Gasteiger partial charge < -0.3 is 15.2 Å². The van der Waals surface area contributed by atoms with E-state index in [9.17, 15) is 0 Å². The summed E-state index contributed by atoms with van der Waals surface area (Å²) >= 11 is 0. The average molecular weight is 268 g/mol. The Hall–Kier alpha value is -2.76. The van der Waals surface area contributed by atoms with Crippen LogP contribution in [0.1, 0.15) is 0 Å². The third kappa shape index (κ3) is 1.58. The molecule has 20 heavy (non-hydrogen) atoms. The van der Waals surface area contributed by atoms with Crippen molar-refractivity contribution in [2.24, 2.45) is 0 Å². The minimum atomic E-state index is 0.531. The van der Waals surface area contributed by atoms with Gasteiger partial charge in [0, 0.05) is 11.9 Å². The molecule has 2 N–H and O–H groups in total. The highest BCUT2D eigenvalue weighted by atomic mass is 16.6. The van der Waals surface area contributed by atoms with Crippen molar-refractivity contribution in [3.05, 3.63) is 36.5 Å². The number of nitrogens with two attached hydrogens (primary N) is 1. The van der Waals surface area contributed by atoms with Gasteiger partial charge in [-0.05, 0) is 24.3 Å². The molecule has 0 atom stereocenters. The Morgan fingerprint density at radius 2 is 1.95 bits per heavy atom. The zero-order valence-corrected chi connectivity index (χ0v) is 10.6. The van der Waals surface area contributed by atoms with Crippen molar-refractivity contribution in [3.63, 3.8) is 0 Å². The van der Waals surface area contributed by atoms with Crippen LogP contribution in [-0.2, 0) is 0 Å². The van der Waals surface area contributed by atoms with Crippen molar-refractivity contribution in [2.75, 3.05) is 18.9 Å². The number of fused-ring (bicyclic) bond motifs is 2. The summed E-state index contributed by atoms with van der Waals surface area (Å²) in [6.07, 6.45) is 1.80. The number of pyridine rings is 1. The van der Waals surface area contributed by atoms with Crippen molar-refractivity contribution < 1.29 is 9.47 Å². The summed E-state index contributed by atoms with van der Waals surface area (Å²) in [5, 5.41) is 8.38. The SMILES string of the molecule is Nc1ccc2nnc(-c3cccc4c3OCCO4)n2c1. The van der Waals surface area contributed by atoms with Crippen LogP contribution in [0, 0.1) is 0 Å². The van der Waals surface area contributed by atoms with Gasteiger partial charge in [0.05, 0.1) is 5.56 Å². The number of anilines is 1. The number of nitrogens with zero attached hydrogens (tertiary/aromatic N) is 3. The standard InChI is InChI=1S/C14H12N4O2/c15-9-4-5-12-16-17-14(18(12)8-9)10-2-1-3-11-13(10)20-7-6-19-11/h1-5,8H,6-7,15H2. The van der Waals surface area contributed by atoms with E-state index in [-0.39, 0.29) is 0 Å². The molecule has 0 fully saturated rings. The maximum absolute atomic E-state index is 5.84. The lowest BCUT2D eigenvalue weighted by Gasteiger charge is -2.20. The molecule has 0 spiro atoms. The molecule has 6 heteroatoms. The van der Waals surface area contributed by atoms with E-state index in [1.54, 1.807) is 12.3 Å². The highest BCUT2D eigenvalue weighted by Crippen LogP contribution is 2.39. The second kappa shape index (κ2) is 4.12. The predicted molar refractivity (Wildman–Crippen MR) is 73.8 cm³/mol. The molecule has 2 aromatic heterocycles. The molecule has 3 heterocycles. The molecular formula is C14H12N4O2. The Kier molecular flexibility index (Phi) is 2.29. The topological polar surface area (TPSA) is 74.7 Å². The molecule has 1 aliphatic rings. The normalized spacial score (nSPS) is 13.6. The minimum Gasteiger partial charge on any atom is -0.486 e. The summed E-state index contributed by atoms with van der Waals surface area (Å²) in [5.74, 6) is 2.12. The first-order chi connectivity index (χ1) is 9.83. The number of aromatic nitrogens is 3. The lowest BCUT2D eigenvalue weighted by Crippen LogP contribution is -2.16. The van der Waals surface area contributed by atoms with Crippen LogP contribution in [-0.4, -0.2) is 27.8 Å². The number of benzene rings is 1. The van der Waals surface area contributed by atoms with Crippen LogP contribution >= 0.6 is 0 Å². The quantitative estimate of drug-likeness (QED) is 0.727. The van der Waals surface area contributed by atoms with E-state index in [4.69, 9.17) is 15.2 Å². The molecular weight excluding hydrogens is 256 g/mol. The molecule has 0 amide bonds. The van der Waals surface area contributed by atoms with Crippen LogP contribution in [0.5, 0.6) is 11.5 Å². The van der Waals surface area contributed by atoms with Crippen molar-refractivity contribution >= 4 is 11.3 Å². The first kappa shape index (κ1) is 11.1. The van der Waals surface area contributed by atoms with Gasteiger partial charge >= 0.3 is 0 Å². The van der Waals surface area contributed by atoms with Crippen LogP contribution in [0.4, 0.5) is 5.69 Å². The zero-order chi connectivity index (χ0) is 13.5. The number of nitrogen functional groups attached to an aromatic ring is 1. The third-order valence-corrected chi connectivity index (χ3v) is 3.23. The smallest absolute Gasteiger partial charge is 0.172 e. The van der Waals surface area contributed by atoms with Gasteiger partial charge in [0.15, 0.2) is 23.0 Å². The summed E-state index contributed by atoms with van der Waals surface area (Å²) in [5.41, 5.74) is 8.08. The van der Waals surface area contributed by atoms with Gasteiger partial charge in [-0.1, -0.05) is 6.07 Å². The van der Waals surface area contributed by atoms with Gasteiger partial charge in [0.25, 0.3) is 0 Å². The molecule has 6 nitrogen and oxygen atoms in total. The van der Waals surface area contributed by atoms with E-state index < -0.39 is 0 Å². The molecule has 0 unspecified atom stereocenters. The number of ether oxygens (including phenoxy) is 2. The third-order valence-electron chi connectivity index (χ3n) is 3.23. The fourth-order valence-corrected chi connectivity index (χ4v) is 2.34. The molecule has 0 radical (unpaired) electrons. The van der Waals surface area contributed by atoms with Crippen LogP contribution in [0.2, 0.25) is 0 Å². The second-order valence-corrected chi connectivity index (χ2v) is 4.54. The Balaban J connectivity index is 1.97. The highest BCUT2D eigenvalue weighted by molar-refractivity contribution is 5.71. The minimum absolute atomic E-state index is 0.531. The maximum Gasteiger partial charge on any atom is 0.172 e. The molecule has 0 saturated carbocycles. The molecule has 1 aromatic carbocycles. The van der Waals surface area contributed by atoms with E-state index in [2.05, 4.69) is 10.2 Å². The van der Waals surface area contributed by atoms with E-state index in [0.717, 1.165) is 17.0 Å². The Bertz CT molecular complexity index is 797. The lowest BCUT2D eigenvalue weighted by molar-refractivity contribution is 0.172. The van der Waals surface area contributed by atoms with Crippen LogP contribution in [0.15, 0.2) is 36.5 Å². The lowest BCUT2D eigenvalue weighted by atomic mass is 10.1. The zero-order valence-electron chi connectivity index (χ0n) is 10.6. The van der Waals surface area contributed by atoms with Gasteiger partial charge in [0.1, 0.15) is 13.2 Å². The second-order valence-electron chi connectivity index (χ2n) is 4.54. The molecule has 0 bridgehead atoms. The first-order valence-corrected chi connectivity index (χ1v) is 6.32. The molecule has 0 aliphatic carbocycles. The van der Waals surface area contributed by atoms with Crippen LogP contribution < -0.4 is 15.2 Å².